The van der Waals surface area contributed by atoms with E-state index in [1.165, 1.54) is 28.9 Å². The van der Waals surface area contributed by atoms with Crippen LogP contribution in [-0.4, -0.2) is 22.3 Å². The van der Waals surface area contributed by atoms with Crippen LogP contribution in [0.15, 0.2) is 36.4 Å². The molecule has 1 aromatic heterocycles. The van der Waals surface area contributed by atoms with Crippen molar-refractivity contribution in [2.45, 2.75) is 26.7 Å². The number of carbonyl (C=O) groups excluding carboxylic acids is 1. The van der Waals surface area contributed by atoms with Gasteiger partial charge in [-0.3, -0.25) is 4.79 Å². The topological polar surface area (TPSA) is 56.2 Å². The maximum atomic E-state index is 14.0. The lowest BCUT2D eigenvalue weighted by Crippen LogP contribution is -2.25. The number of nitrogens with one attached hydrogen (secondary N) is 1. The van der Waals surface area contributed by atoms with Crippen LogP contribution in [0.2, 0.25) is 0 Å². The van der Waals surface area contributed by atoms with Gasteiger partial charge in [-0.1, -0.05) is 0 Å². The molecule has 29 heavy (non-hydrogen) atoms. The van der Waals surface area contributed by atoms with Gasteiger partial charge in [0.15, 0.2) is 6.61 Å². The van der Waals surface area contributed by atoms with E-state index in [4.69, 9.17) is 4.74 Å². The largest absolute Gasteiger partial charge is 0.481 e. The first kappa shape index (κ1) is 19.0. The Morgan fingerprint density at radius 2 is 1.90 bits per heavy atom. The van der Waals surface area contributed by atoms with Gasteiger partial charge in [0.25, 0.3) is 11.8 Å². The van der Waals surface area contributed by atoms with Crippen LogP contribution in [0.25, 0.3) is 16.9 Å². The third kappa shape index (κ3) is 3.46. The molecule has 0 atom stereocenters. The zero-order chi connectivity index (χ0) is 20.9. The summed E-state index contributed by atoms with van der Waals surface area (Å²) in [5.74, 6) is -3.34. The summed E-state index contributed by atoms with van der Waals surface area (Å²) in [6.07, 6.45) is 0. The Kier molecular flexibility index (Phi) is 4.37. The van der Waals surface area contributed by atoms with E-state index in [2.05, 4.69) is 10.4 Å². The van der Waals surface area contributed by atoms with Gasteiger partial charge in [-0.15, -0.1) is 0 Å². The molecule has 8 heteroatoms. The van der Waals surface area contributed by atoms with E-state index in [-0.39, 0.29) is 12.5 Å². The van der Waals surface area contributed by atoms with Gasteiger partial charge in [0, 0.05) is 12.5 Å². The summed E-state index contributed by atoms with van der Waals surface area (Å²) in [6, 6.07) is 8.80. The minimum absolute atomic E-state index is 0.0773. The number of aryl methyl sites for hydroxylation is 2. The second-order valence-corrected chi connectivity index (χ2v) is 7.15. The molecule has 150 valence electrons. The third-order valence-corrected chi connectivity index (χ3v) is 4.74. The molecular weight excluding hydrogens is 383 g/mol. The molecule has 0 radical (unpaired) electrons. The number of ether oxygens (including phenoxy) is 1. The standard InChI is InChI=1S/C21H18F3N3O2/c1-11-7-14(22)4-5-16(11)27-17(9-18(26-27)21(3,23)24)13-6-12(2)20-15(8-13)25-19(28)10-29-20/h4-9H,10H2,1-3H3,(H,25,28). The summed E-state index contributed by atoms with van der Waals surface area (Å²) in [4.78, 5) is 11.7. The van der Waals surface area contributed by atoms with E-state index in [9.17, 15) is 18.0 Å². The second kappa shape index (κ2) is 6.65. The number of hydrogen-bond donors (Lipinski definition) is 1. The molecule has 0 saturated heterocycles. The lowest BCUT2D eigenvalue weighted by atomic mass is 10.0. The highest BCUT2D eigenvalue weighted by Gasteiger charge is 2.30. The summed E-state index contributed by atoms with van der Waals surface area (Å²) >= 11 is 0. The monoisotopic (exact) mass is 401 g/mol. The van der Waals surface area contributed by atoms with E-state index in [1.807, 2.05) is 0 Å². The molecule has 1 amide bonds. The number of amides is 1. The van der Waals surface area contributed by atoms with Crippen molar-refractivity contribution in [1.29, 1.82) is 0 Å². The molecular formula is C21H18F3N3O2. The van der Waals surface area contributed by atoms with Gasteiger partial charge in [0.1, 0.15) is 17.3 Å². The molecule has 2 heterocycles. The number of aromatic nitrogens is 2. The van der Waals surface area contributed by atoms with Crippen LogP contribution >= 0.6 is 0 Å². The van der Waals surface area contributed by atoms with Crippen molar-refractivity contribution < 1.29 is 22.7 Å². The summed E-state index contributed by atoms with van der Waals surface area (Å²) in [6.45, 7) is 4.18. The Hall–Kier alpha value is -3.29. The van der Waals surface area contributed by atoms with E-state index in [1.54, 1.807) is 26.0 Å². The molecule has 0 bridgehead atoms. The molecule has 1 aliphatic rings. The van der Waals surface area contributed by atoms with Gasteiger partial charge < -0.3 is 10.1 Å². The number of benzene rings is 2. The molecule has 0 aliphatic carbocycles. The highest BCUT2D eigenvalue weighted by molar-refractivity contribution is 5.96. The molecule has 1 aliphatic heterocycles. The average Bonchev–Trinajstić information content (AvgIpc) is 3.06. The van der Waals surface area contributed by atoms with Gasteiger partial charge in [-0.05, 0) is 61.4 Å². The number of fused-ring (bicyclic) bond motifs is 1. The summed E-state index contributed by atoms with van der Waals surface area (Å²) in [7, 11) is 0. The van der Waals surface area contributed by atoms with Crippen LogP contribution < -0.4 is 10.1 Å². The molecule has 0 fully saturated rings. The second-order valence-electron chi connectivity index (χ2n) is 7.15. The number of carbonyl (C=O) groups is 1. The first-order valence-electron chi connectivity index (χ1n) is 8.96. The maximum Gasteiger partial charge on any atom is 0.288 e. The molecule has 4 rings (SSSR count). The fraction of sp³-hybridized carbons (Fsp3) is 0.238. The zero-order valence-corrected chi connectivity index (χ0v) is 16.0. The van der Waals surface area contributed by atoms with Crippen molar-refractivity contribution in [3.8, 4) is 22.7 Å². The molecule has 0 unspecified atom stereocenters. The first-order chi connectivity index (χ1) is 13.6. The van der Waals surface area contributed by atoms with Crippen LogP contribution in [0.3, 0.4) is 0 Å². The summed E-state index contributed by atoms with van der Waals surface area (Å²) in [5.41, 5.74) is 2.78. The molecule has 3 aromatic rings. The zero-order valence-electron chi connectivity index (χ0n) is 16.0. The fourth-order valence-corrected chi connectivity index (χ4v) is 3.37. The predicted molar refractivity (Wildman–Crippen MR) is 102 cm³/mol. The van der Waals surface area contributed by atoms with Crippen LogP contribution in [0, 0.1) is 19.7 Å². The van der Waals surface area contributed by atoms with E-state index < -0.39 is 17.4 Å². The number of halogens is 3. The molecule has 0 spiro atoms. The average molecular weight is 401 g/mol. The first-order valence-corrected chi connectivity index (χ1v) is 8.96. The minimum Gasteiger partial charge on any atom is -0.481 e. The van der Waals surface area contributed by atoms with Crippen molar-refractivity contribution in [2.75, 3.05) is 11.9 Å². The number of nitrogens with zero attached hydrogens (tertiary/aromatic N) is 2. The fourth-order valence-electron chi connectivity index (χ4n) is 3.37. The SMILES string of the molecule is Cc1cc(F)ccc1-n1nc(C(C)(F)F)cc1-c1cc(C)c2c(c1)NC(=O)CO2. The summed E-state index contributed by atoms with van der Waals surface area (Å²) in [5, 5.41) is 6.84. The number of hydrogen-bond acceptors (Lipinski definition) is 3. The van der Waals surface area contributed by atoms with Crippen molar-refractivity contribution in [3.63, 3.8) is 0 Å². The van der Waals surface area contributed by atoms with Crippen LogP contribution in [-0.2, 0) is 10.7 Å². The van der Waals surface area contributed by atoms with Crippen LogP contribution in [0.4, 0.5) is 18.9 Å². The lowest BCUT2D eigenvalue weighted by molar-refractivity contribution is -0.118. The normalized spacial score (nSPS) is 13.7. The minimum atomic E-state index is -3.16. The summed E-state index contributed by atoms with van der Waals surface area (Å²) < 4.78 is 48.5. The van der Waals surface area contributed by atoms with Crippen molar-refractivity contribution in [2.24, 2.45) is 0 Å². The smallest absolute Gasteiger partial charge is 0.288 e. The van der Waals surface area contributed by atoms with Gasteiger partial charge >= 0.3 is 0 Å². The lowest BCUT2D eigenvalue weighted by Gasteiger charge is -2.21. The third-order valence-electron chi connectivity index (χ3n) is 4.74. The van der Waals surface area contributed by atoms with Gasteiger partial charge in [0.2, 0.25) is 0 Å². The highest BCUT2D eigenvalue weighted by atomic mass is 19.3. The number of anilines is 1. The Balaban J connectivity index is 1.94. The quantitative estimate of drug-likeness (QED) is 0.690. The molecule has 1 N–H and O–H groups in total. The molecule has 0 saturated carbocycles. The Bertz CT molecular complexity index is 1130. The van der Waals surface area contributed by atoms with Crippen molar-refractivity contribution >= 4 is 11.6 Å². The Morgan fingerprint density at radius 3 is 2.59 bits per heavy atom. The number of alkyl halides is 2. The van der Waals surface area contributed by atoms with E-state index >= 15 is 0 Å². The molecule has 2 aromatic carbocycles. The van der Waals surface area contributed by atoms with Gasteiger partial charge in [-0.2, -0.15) is 13.9 Å². The van der Waals surface area contributed by atoms with E-state index in [0.717, 1.165) is 12.5 Å². The van der Waals surface area contributed by atoms with Crippen LogP contribution in [0.5, 0.6) is 5.75 Å². The van der Waals surface area contributed by atoms with Gasteiger partial charge in [0.05, 0.1) is 17.1 Å². The Labute approximate surface area is 165 Å². The van der Waals surface area contributed by atoms with Crippen molar-refractivity contribution in [1.82, 2.24) is 9.78 Å². The molecule has 5 nitrogen and oxygen atoms in total. The van der Waals surface area contributed by atoms with E-state index in [0.29, 0.717) is 33.9 Å². The van der Waals surface area contributed by atoms with Crippen molar-refractivity contribution in [3.05, 3.63) is 59.0 Å². The predicted octanol–water partition coefficient (Wildman–Crippen LogP) is 4.74. The van der Waals surface area contributed by atoms with Crippen LogP contribution in [0.1, 0.15) is 23.7 Å². The Morgan fingerprint density at radius 1 is 1.14 bits per heavy atom. The van der Waals surface area contributed by atoms with Gasteiger partial charge in [-0.25, -0.2) is 9.07 Å². The number of rotatable bonds is 3. The highest BCUT2D eigenvalue weighted by Crippen LogP contribution is 2.38. The maximum absolute atomic E-state index is 14.0.